The lowest BCUT2D eigenvalue weighted by Crippen LogP contribution is -2.28. The lowest BCUT2D eigenvalue weighted by atomic mass is 10.3. The van der Waals surface area contributed by atoms with Crippen LogP contribution in [0.4, 0.5) is 5.13 Å². The van der Waals surface area contributed by atoms with E-state index in [9.17, 15) is 9.59 Å². The molecule has 3 aromatic heterocycles. The molecule has 0 aliphatic heterocycles. The van der Waals surface area contributed by atoms with Gasteiger partial charge in [-0.1, -0.05) is 25.2 Å². The maximum absolute atomic E-state index is 12.6. The van der Waals surface area contributed by atoms with E-state index in [1.54, 1.807) is 0 Å². The summed E-state index contributed by atoms with van der Waals surface area (Å²) in [6.45, 7) is 3.83. The number of fused-ring (bicyclic) bond motifs is 1. The highest BCUT2D eigenvalue weighted by Crippen LogP contribution is 2.21. The van der Waals surface area contributed by atoms with E-state index in [1.165, 1.54) is 27.2 Å². The van der Waals surface area contributed by atoms with Crippen molar-refractivity contribution in [3.63, 3.8) is 0 Å². The number of rotatable bonds is 5. The quantitative estimate of drug-likeness (QED) is 0.663. The zero-order valence-electron chi connectivity index (χ0n) is 13.1. The molecule has 126 valence electrons. The zero-order valence-corrected chi connectivity index (χ0v) is 15.5. The normalized spacial score (nSPS) is 11.1. The minimum Gasteiger partial charge on any atom is -0.323 e. The summed E-state index contributed by atoms with van der Waals surface area (Å²) in [5, 5.41) is 12.3. The summed E-state index contributed by atoms with van der Waals surface area (Å²) in [6.07, 6.45) is 1.60. The number of hydrogen-bond donors (Lipinski definition) is 2. The monoisotopic (exact) mass is 381 g/mol. The Morgan fingerprint density at radius 2 is 2.12 bits per heavy atom. The number of carbonyl (C=O) groups is 1. The molecule has 24 heavy (non-hydrogen) atoms. The van der Waals surface area contributed by atoms with Crippen LogP contribution < -0.4 is 10.9 Å². The molecule has 7 nitrogen and oxygen atoms in total. The van der Waals surface area contributed by atoms with Gasteiger partial charge >= 0.3 is 0 Å². The second-order valence-electron chi connectivity index (χ2n) is 5.03. The van der Waals surface area contributed by atoms with Crippen molar-refractivity contribution in [2.45, 2.75) is 33.2 Å². The van der Waals surface area contributed by atoms with Crippen LogP contribution in [0.5, 0.6) is 0 Å². The third-order valence-corrected chi connectivity index (χ3v) is 5.89. The highest BCUT2D eigenvalue weighted by Gasteiger charge is 2.13. The molecule has 0 atom stereocenters. The van der Waals surface area contributed by atoms with Crippen LogP contribution >= 0.6 is 34.9 Å². The number of nitrogens with zero attached hydrogens (tertiary/aromatic N) is 3. The number of nitrogens with one attached hydrogen (secondary N) is 2. The van der Waals surface area contributed by atoms with Crippen molar-refractivity contribution in [1.29, 1.82) is 0 Å². The van der Waals surface area contributed by atoms with Crippen molar-refractivity contribution < 1.29 is 4.79 Å². The van der Waals surface area contributed by atoms with Gasteiger partial charge in [-0.15, -0.1) is 21.5 Å². The first-order chi connectivity index (χ1) is 11.5. The van der Waals surface area contributed by atoms with Crippen LogP contribution in [-0.4, -0.2) is 25.7 Å². The number of H-pyrrole nitrogens is 1. The molecule has 0 saturated heterocycles. The topological polar surface area (TPSA) is 92.7 Å². The van der Waals surface area contributed by atoms with E-state index in [4.69, 9.17) is 12.2 Å². The molecule has 0 aromatic carbocycles. The molecule has 3 heterocycles. The largest absolute Gasteiger partial charge is 0.323 e. The van der Waals surface area contributed by atoms with E-state index in [-0.39, 0.29) is 22.8 Å². The molecule has 0 radical (unpaired) electrons. The average Bonchev–Trinajstić information content (AvgIpc) is 3.17. The fraction of sp³-hybridized carbons (Fsp3) is 0.357. The van der Waals surface area contributed by atoms with Crippen molar-refractivity contribution in [2.75, 3.05) is 5.32 Å². The van der Waals surface area contributed by atoms with Gasteiger partial charge in [0.2, 0.25) is 11.0 Å². The Labute approximate surface area is 150 Å². The summed E-state index contributed by atoms with van der Waals surface area (Å²) >= 11 is 8.05. The smallest absolute Gasteiger partial charge is 0.263 e. The Morgan fingerprint density at radius 1 is 1.33 bits per heavy atom. The second-order valence-corrected chi connectivity index (χ2v) is 7.62. The Kier molecular flexibility index (Phi) is 4.88. The molecule has 0 bridgehead atoms. The zero-order chi connectivity index (χ0) is 17.3. The first-order valence-corrected chi connectivity index (χ1v) is 9.43. The van der Waals surface area contributed by atoms with Crippen molar-refractivity contribution in [3.05, 3.63) is 31.1 Å². The predicted octanol–water partition coefficient (Wildman–Crippen LogP) is 2.74. The molecule has 0 spiro atoms. The van der Waals surface area contributed by atoms with Crippen molar-refractivity contribution in [1.82, 2.24) is 19.7 Å². The molecule has 1 amide bonds. The van der Waals surface area contributed by atoms with Gasteiger partial charge in [0.25, 0.3) is 5.56 Å². The number of amides is 1. The molecule has 3 rings (SSSR count). The highest BCUT2D eigenvalue weighted by atomic mass is 32.1. The molecule has 10 heteroatoms. The molecule has 2 N–H and O–H groups in total. The van der Waals surface area contributed by atoms with E-state index in [1.807, 2.05) is 19.9 Å². The maximum Gasteiger partial charge on any atom is 0.263 e. The Morgan fingerprint density at radius 3 is 2.79 bits per heavy atom. The van der Waals surface area contributed by atoms with Crippen LogP contribution in [0.2, 0.25) is 0 Å². The summed E-state index contributed by atoms with van der Waals surface area (Å²) in [5.74, 6) is -0.360. The Hall–Kier alpha value is -1.91. The number of anilines is 1. The lowest BCUT2D eigenvalue weighted by Gasteiger charge is -2.05. The number of hydrogen-bond acceptors (Lipinski definition) is 7. The first kappa shape index (κ1) is 16.9. The lowest BCUT2D eigenvalue weighted by molar-refractivity contribution is -0.116. The van der Waals surface area contributed by atoms with Gasteiger partial charge in [-0.2, -0.15) is 0 Å². The SMILES string of the molecule is CCc1cc2c(=O)n(CC(=O)Nc3nnc(CC)s3)c(=S)[nH]c2s1. The molecule has 0 unspecified atom stereocenters. The van der Waals surface area contributed by atoms with Gasteiger partial charge in [0, 0.05) is 4.88 Å². The van der Waals surface area contributed by atoms with Crippen LogP contribution in [0.25, 0.3) is 10.2 Å². The van der Waals surface area contributed by atoms with Gasteiger partial charge < -0.3 is 4.98 Å². The minimum absolute atomic E-state index is 0.164. The number of carbonyl (C=O) groups excluding carboxylic acids is 1. The number of aromatic nitrogens is 4. The van der Waals surface area contributed by atoms with Gasteiger partial charge in [0.15, 0.2) is 4.77 Å². The van der Waals surface area contributed by atoms with Crippen LogP contribution in [0.3, 0.4) is 0 Å². The molecule has 0 fully saturated rings. The summed E-state index contributed by atoms with van der Waals surface area (Å²) in [6, 6.07) is 1.85. The molecule has 0 saturated carbocycles. The van der Waals surface area contributed by atoms with Crippen molar-refractivity contribution in [2.24, 2.45) is 0 Å². The molecule has 3 aromatic rings. The molecule has 0 aliphatic carbocycles. The number of aryl methyl sites for hydroxylation is 2. The number of aromatic amines is 1. The van der Waals surface area contributed by atoms with Crippen molar-refractivity contribution in [3.8, 4) is 0 Å². The van der Waals surface area contributed by atoms with E-state index < -0.39 is 0 Å². The summed E-state index contributed by atoms with van der Waals surface area (Å²) in [4.78, 5) is 29.7. The maximum atomic E-state index is 12.6. The average molecular weight is 382 g/mol. The molecular formula is C14H15N5O2S3. The van der Waals surface area contributed by atoms with E-state index in [0.29, 0.717) is 10.5 Å². The van der Waals surface area contributed by atoms with E-state index in [0.717, 1.165) is 27.6 Å². The van der Waals surface area contributed by atoms with Gasteiger partial charge in [-0.25, -0.2) is 0 Å². The Bertz CT molecular complexity index is 1010. The second kappa shape index (κ2) is 6.91. The van der Waals surface area contributed by atoms with Crippen molar-refractivity contribution >= 4 is 56.1 Å². The summed E-state index contributed by atoms with van der Waals surface area (Å²) in [7, 11) is 0. The van der Waals surface area contributed by atoms with Crippen LogP contribution in [0.1, 0.15) is 23.7 Å². The third-order valence-electron chi connectivity index (χ3n) is 3.39. The standard InChI is InChI=1S/C14H15N5O2S3/c1-3-7-5-8-11(23-7)16-14(22)19(12(8)21)6-9(20)15-13-18-17-10(4-2)24-13/h5H,3-4,6H2,1-2H3,(H,16,22)(H,15,18,20). The Balaban J connectivity index is 1.87. The van der Waals surface area contributed by atoms with Crippen LogP contribution in [-0.2, 0) is 24.2 Å². The summed E-state index contributed by atoms with van der Waals surface area (Å²) < 4.78 is 1.50. The van der Waals surface area contributed by atoms with Gasteiger partial charge in [0.1, 0.15) is 16.4 Å². The fourth-order valence-electron chi connectivity index (χ4n) is 2.16. The fourth-order valence-corrected chi connectivity index (χ4v) is 4.16. The third kappa shape index (κ3) is 3.30. The first-order valence-electron chi connectivity index (χ1n) is 7.39. The number of thiophene rings is 1. The van der Waals surface area contributed by atoms with Crippen LogP contribution in [0, 0.1) is 4.77 Å². The van der Waals surface area contributed by atoms with Crippen LogP contribution in [0.15, 0.2) is 10.9 Å². The van der Waals surface area contributed by atoms with Gasteiger partial charge in [-0.3, -0.25) is 19.5 Å². The highest BCUT2D eigenvalue weighted by molar-refractivity contribution is 7.71. The van der Waals surface area contributed by atoms with E-state index in [2.05, 4.69) is 20.5 Å². The minimum atomic E-state index is -0.360. The van der Waals surface area contributed by atoms with Gasteiger partial charge in [-0.05, 0) is 31.1 Å². The molecular weight excluding hydrogens is 366 g/mol. The summed E-state index contributed by atoms with van der Waals surface area (Å²) in [5.41, 5.74) is -0.258. The molecule has 0 aliphatic rings. The van der Waals surface area contributed by atoms with Gasteiger partial charge in [0.05, 0.1) is 5.39 Å². The van der Waals surface area contributed by atoms with E-state index >= 15 is 0 Å². The predicted molar refractivity (Wildman–Crippen MR) is 98.6 cm³/mol.